The highest BCUT2D eigenvalue weighted by atomic mass is 32.2. The van der Waals surface area contributed by atoms with Gasteiger partial charge in [-0.3, -0.25) is 15.1 Å². The van der Waals surface area contributed by atoms with Gasteiger partial charge in [-0.05, 0) is 38.1 Å². The van der Waals surface area contributed by atoms with Crippen LogP contribution in [-0.2, 0) is 6.54 Å². The number of hydrogen-bond acceptors (Lipinski definition) is 9. The number of rotatable bonds is 7. The lowest BCUT2D eigenvalue weighted by Crippen LogP contribution is -2.01. The Morgan fingerprint density at radius 2 is 1.80 bits per heavy atom. The van der Waals surface area contributed by atoms with Crippen molar-refractivity contribution in [3.05, 3.63) is 64.8 Å². The van der Waals surface area contributed by atoms with Gasteiger partial charge in [0, 0.05) is 42.2 Å². The third kappa shape index (κ3) is 3.92. The van der Waals surface area contributed by atoms with Gasteiger partial charge in [0.2, 0.25) is 11.8 Å². The molecule has 152 valence electrons. The van der Waals surface area contributed by atoms with Crippen molar-refractivity contribution in [1.82, 2.24) is 29.9 Å². The van der Waals surface area contributed by atoms with E-state index in [9.17, 15) is 10.1 Å². The molecule has 0 saturated carbocycles. The van der Waals surface area contributed by atoms with Gasteiger partial charge < -0.3 is 8.98 Å². The van der Waals surface area contributed by atoms with Crippen LogP contribution in [0.1, 0.15) is 25.0 Å². The number of nitro benzene ring substituents is 1. The number of hydrogen-bond donors (Lipinski definition) is 0. The summed E-state index contributed by atoms with van der Waals surface area (Å²) < 4.78 is 7.81. The van der Waals surface area contributed by atoms with Crippen LogP contribution in [0.5, 0.6) is 0 Å². The van der Waals surface area contributed by atoms with E-state index in [2.05, 4.69) is 25.4 Å². The van der Waals surface area contributed by atoms with E-state index in [0.29, 0.717) is 23.9 Å². The number of nitrogens with zero attached hydrogens (tertiary/aromatic N) is 7. The first kappa shape index (κ1) is 19.7. The summed E-state index contributed by atoms with van der Waals surface area (Å²) in [5.41, 5.74) is 1.57. The second-order valence-electron chi connectivity index (χ2n) is 6.30. The molecule has 0 amide bonds. The molecule has 0 bridgehead atoms. The largest absolute Gasteiger partial charge is 0.419 e. The van der Waals surface area contributed by atoms with Crippen LogP contribution in [0.25, 0.3) is 22.8 Å². The number of benzene rings is 1. The third-order valence-corrected chi connectivity index (χ3v) is 5.44. The third-order valence-electron chi connectivity index (χ3n) is 4.37. The smallest absolute Gasteiger partial charge is 0.269 e. The fraction of sp³-hybridized carbons (Fsp3) is 0.211. The maximum atomic E-state index is 10.8. The van der Waals surface area contributed by atoms with Gasteiger partial charge in [-0.2, -0.15) is 0 Å². The molecule has 1 unspecified atom stereocenters. The fourth-order valence-corrected chi connectivity index (χ4v) is 3.77. The molecule has 3 aromatic heterocycles. The molecule has 0 N–H and O–H groups in total. The van der Waals surface area contributed by atoms with Crippen LogP contribution in [0, 0.1) is 10.1 Å². The zero-order valence-electron chi connectivity index (χ0n) is 16.2. The highest BCUT2D eigenvalue weighted by Gasteiger charge is 2.21. The molecular formula is C19H17N7O3S. The lowest BCUT2D eigenvalue weighted by Gasteiger charge is -2.09. The first-order valence-electron chi connectivity index (χ1n) is 9.15. The van der Waals surface area contributed by atoms with Crippen LogP contribution in [0.3, 0.4) is 0 Å². The van der Waals surface area contributed by atoms with Gasteiger partial charge in [-0.1, -0.05) is 11.8 Å². The van der Waals surface area contributed by atoms with Crippen molar-refractivity contribution in [2.75, 3.05) is 0 Å². The molecule has 10 nitrogen and oxygen atoms in total. The van der Waals surface area contributed by atoms with Gasteiger partial charge >= 0.3 is 0 Å². The molecule has 0 aliphatic heterocycles. The van der Waals surface area contributed by atoms with Crippen LogP contribution < -0.4 is 0 Å². The summed E-state index contributed by atoms with van der Waals surface area (Å²) in [5, 5.41) is 28.2. The van der Waals surface area contributed by atoms with Crippen LogP contribution in [-0.4, -0.2) is 34.9 Å². The summed E-state index contributed by atoms with van der Waals surface area (Å²) in [4.78, 5) is 14.4. The molecule has 30 heavy (non-hydrogen) atoms. The molecule has 3 heterocycles. The number of pyridine rings is 1. The van der Waals surface area contributed by atoms with Gasteiger partial charge in [0.25, 0.3) is 5.69 Å². The van der Waals surface area contributed by atoms with Crippen molar-refractivity contribution < 1.29 is 9.34 Å². The normalized spacial score (nSPS) is 12.1. The number of nitro groups is 1. The summed E-state index contributed by atoms with van der Waals surface area (Å²) in [6.07, 6.45) is 3.44. The summed E-state index contributed by atoms with van der Waals surface area (Å²) in [5.74, 6) is 1.51. The second-order valence-corrected chi connectivity index (χ2v) is 7.60. The Hall–Kier alpha value is -3.60. The van der Waals surface area contributed by atoms with Crippen molar-refractivity contribution in [3.8, 4) is 22.8 Å². The van der Waals surface area contributed by atoms with Gasteiger partial charge in [-0.25, -0.2) is 0 Å². The van der Waals surface area contributed by atoms with E-state index < -0.39 is 4.92 Å². The molecule has 0 spiro atoms. The average molecular weight is 423 g/mol. The Kier molecular flexibility index (Phi) is 5.53. The minimum atomic E-state index is -0.453. The lowest BCUT2D eigenvalue weighted by molar-refractivity contribution is -0.384. The van der Waals surface area contributed by atoms with Gasteiger partial charge in [-0.15, -0.1) is 20.4 Å². The maximum Gasteiger partial charge on any atom is 0.269 e. The Balaban J connectivity index is 1.53. The predicted molar refractivity (Wildman–Crippen MR) is 110 cm³/mol. The Bertz CT molecular complexity index is 1160. The lowest BCUT2D eigenvalue weighted by atomic mass is 10.2. The molecule has 4 aromatic rings. The summed E-state index contributed by atoms with van der Waals surface area (Å²) in [6, 6.07) is 9.76. The highest BCUT2D eigenvalue weighted by Crippen LogP contribution is 2.35. The molecule has 0 fully saturated rings. The maximum absolute atomic E-state index is 10.8. The average Bonchev–Trinajstić information content (AvgIpc) is 3.42. The van der Waals surface area contributed by atoms with Crippen molar-refractivity contribution in [2.45, 2.75) is 30.8 Å². The fourth-order valence-electron chi connectivity index (χ4n) is 2.83. The van der Waals surface area contributed by atoms with E-state index in [4.69, 9.17) is 4.42 Å². The van der Waals surface area contributed by atoms with Gasteiger partial charge in [0.05, 0.1) is 10.2 Å². The summed E-state index contributed by atoms with van der Waals surface area (Å²) in [7, 11) is 0. The quantitative estimate of drug-likeness (QED) is 0.244. The van der Waals surface area contributed by atoms with Crippen LogP contribution in [0.2, 0.25) is 0 Å². The topological polar surface area (TPSA) is 126 Å². The molecule has 1 atom stereocenters. The standard InChI is InChI=1S/C19H17N7O3S/c1-3-25-16(13-8-10-20-11-9-13)21-24-19(25)30-12(2)17-22-23-18(29-17)14-4-6-15(7-5-14)26(27)28/h4-12H,3H2,1-2H3. The monoisotopic (exact) mass is 423 g/mol. The molecule has 1 aromatic carbocycles. The van der Waals surface area contributed by atoms with Crippen molar-refractivity contribution in [2.24, 2.45) is 0 Å². The van der Waals surface area contributed by atoms with Crippen LogP contribution in [0.4, 0.5) is 5.69 Å². The predicted octanol–water partition coefficient (Wildman–Crippen LogP) is 4.17. The minimum absolute atomic E-state index is 0.00585. The van der Waals surface area contributed by atoms with E-state index in [0.717, 1.165) is 16.5 Å². The van der Waals surface area contributed by atoms with E-state index in [1.807, 2.05) is 30.5 Å². The van der Waals surface area contributed by atoms with Crippen molar-refractivity contribution in [1.29, 1.82) is 0 Å². The van der Waals surface area contributed by atoms with Crippen LogP contribution >= 0.6 is 11.8 Å². The molecule has 0 aliphatic carbocycles. The summed E-state index contributed by atoms with van der Waals surface area (Å²) >= 11 is 1.47. The highest BCUT2D eigenvalue weighted by molar-refractivity contribution is 7.99. The zero-order chi connectivity index (χ0) is 21.1. The molecule has 11 heteroatoms. The molecule has 4 rings (SSSR count). The molecular weight excluding hydrogens is 406 g/mol. The van der Waals surface area contributed by atoms with E-state index >= 15 is 0 Å². The Morgan fingerprint density at radius 1 is 1.07 bits per heavy atom. The van der Waals surface area contributed by atoms with Crippen molar-refractivity contribution in [3.63, 3.8) is 0 Å². The van der Waals surface area contributed by atoms with E-state index in [1.165, 1.54) is 23.9 Å². The minimum Gasteiger partial charge on any atom is -0.419 e. The van der Waals surface area contributed by atoms with E-state index in [1.54, 1.807) is 24.5 Å². The molecule has 0 radical (unpaired) electrons. The molecule has 0 saturated heterocycles. The molecule has 0 aliphatic rings. The van der Waals surface area contributed by atoms with Gasteiger partial charge in [0.1, 0.15) is 0 Å². The van der Waals surface area contributed by atoms with E-state index in [-0.39, 0.29) is 10.9 Å². The number of non-ortho nitro benzene ring substituents is 1. The summed E-state index contributed by atoms with van der Waals surface area (Å²) in [6.45, 7) is 4.68. The second kappa shape index (κ2) is 8.41. The Morgan fingerprint density at radius 3 is 2.47 bits per heavy atom. The SMILES string of the molecule is CCn1c(SC(C)c2nnc(-c3ccc([N+](=O)[O-])cc3)o2)nnc1-c1ccncc1. The number of thioether (sulfide) groups is 1. The van der Waals surface area contributed by atoms with Crippen molar-refractivity contribution >= 4 is 17.4 Å². The number of aromatic nitrogens is 6. The van der Waals surface area contributed by atoms with Gasteiger partial charge in [0.15, 0.2) is 11.0 Å². The zero-order valence-corrected chi connectivity index (χ0v) is 17.0. The Labute approximate surface area is 175 Å². The first-order chi connectivity index (χ1) is 14.6. The van der Waals surface area contributed by atoms with Crippen LogP contribution in [0.15, 0.2) is 58.4 Å². The first-order valence-corrected chi connectivity index (χ1v) is 10.0.